The molecule has 0 unspecified atom stereocenters. The van der Waals surface area contributed by atoms with Gasteiger partial charge >= 0.3 is 0 Å². The molecule has 0 bridgehead atoms. The van der Waals surface area contributed by atoms with Crippen molar-refractivity contribution in [3.8, 4) is 0 Å². The smallest absolute Gasteiger partial charge is 0.241 e. The monoisotopic (exact) mass is 351 g/mol. The highest BCUT2D eigenvalue weighted by molar-refractivity contribution is 5.79. The molecule has 3 rings (SSSR count). The van der Waals surface area contributed by atoms with Gasteiger partial charge in [-0.2, -0.15) is 0 Å². The Labute approximate surface area is 143 Å². The zero-order valence-corrected chi connectivity index (χ0v) is 14.0. The van der Waals surface area contributed by atoms with E-state index in [0.29, 0.717) is 19.0 Å². The van der Waals surface area contributed by atoms with Crippen LogP contribution in [0, 0.1) is 11.6 Å². The van der Waals surface area contributed by atoms with Crippen LogP contribution in [0.4, 0.5) is 8.78 Å². The molecule has 8 heteroatoms. The number of aromatic nitrogens is 2. The minimum Gasteiger partial charge on any atom is -0.423 e. The number of carbonyl (C=O) groups is 1. The lowest BCUT2D eigenvalue weighted by molar-refractivity contribution is -0.140. The summed E-state index contributed by atoms with van der Waals surface area (Å²) >= 11 is 0. The van der Waals surface area contributed by atoms with E-state index in [1.54, 1.807) is 0 Å². The van der Waals surface area contributed by atoms with E-state index in [1.165, 1.54) is 4.90 Å². The van der Waals surface area contributed by atoms with Crippen molar-refractivity contribution in [2.75, 3.05) is 19.8 Å². The van der Waals surface area contributed by atoms with Crippen LogP contribution in [0.3, 0.4) is 0 Å². The van der Waals surface area contributed by atoms with Crippen LogP contribution >= 0.6 is 0 Å². The number of carbonyl (C=O) groups excluding carboxylic acids is 1. The van der Waals surface area contributed by atoms with Gasteiger partial charge in [0.2, 0.25) is 17.7 Å². The van der Waals surface area contributed by atoms with E-state index in [0.717, 1.165) is 18.2 Å². The fourth-order valence-corrected chi connectivity index (χ4v) is 2.66. The van der Waals surface area contributed by atoms with E-state index in [1.807, 2.05) is 13.8 Å². The van der Waals surface area contributed by atoms with Crippen molar-refractivity contribution in [2.45, 2.75) is 32.2 Å². The number of morpholine rings is 1. The fourth-order valence-electron chi connectivity index (χ4n) is 2.66. The average Bonchev–Trinajstić information content (AvgIpc) is 3.08. The van der Waals surface area contributed by atoms with Crippen LogP contribution < -0.4 is 0 Å². The summed E-state index contributed by atoms with van der Waals surface area (Å²) in [4.78, 5) is 14.2. The molecule has 1 aromatic heterocycles. The molecule has 25 heavy (non-hydrogen) atoms. The van der Waals surface area contributed by atoms with E-state index in [2.05, 4.69) is 10.2 Å². The molecular formula is C17H19F2N3O3. The summed E-state index contributed by atoms with van der Waals surface area (Å²) in [6.45, 7) is 4.74. The summed E-state index contributed by atoms with van der Waals surface area (Å²) in [5.74, 6) is -0.709. The van der Waals surface area contributed by atoms with Crippen LogP contribution in [-0.2, 0) is 16.0 Å². The first-order valence-corrected chi connectivity index (χ1v) is 8.10. The lowest BCUT2D eigenvalue weighted by Crippen LogP contribution is -2.44. The van der Waals surface area contributed by atoms with Gasteiger partial charge in [0.1, 0.15) is 17.7 Å². The molecule has 1 atom stereocenters. The number of halogens is 2. The lowest BCUT2D eigenvalue weighted by atomic mass is 10.1. The Balaban J connectivity index is 1.80. The van der Waals surface area contributed by atoms with Crippen LogP contribution in [0.1, 0.15) is 43.2 Å². The molecule has 0 saturated carbocycles. The quantitative estimate of drug-likeness (QED) is 0.847. The van der Waals surface area contributed by atoms with E-state index < -0.39 is 17.7 Å². The van der Waals surface area contributed by atoms with E-state index in [-0.39, 0.29) is 36.3 Å². The Morgan fingerprint density at radius 3 is 2.88 bits per heavy atom. The second kappa shape index (κ2) is 7.26. The number of benzene rings is 1. The van der Waals surface area contributed by atoms with Gasteiger partial charge in [-0.1, -0.05) is 13.8 Å². The molecule has 2 heterocycles. The molecule has 0 radical (unpaired) electrons. The van der Waals surface area contributed by atoms with Crippen molar-refractivity contribution in [3.05, 3.63) is 47.2 Å². The van der Waals surface area contributed by atoms with Gasteiger partial charge < -0.3 is 14.1 Å². The second-order valence-electron chi connectivity index (χ2n) is 6.22. The number of rotatable bonds is 4. The number of ether oxygens (including phenoxy) is 1. The molecule has 0 spiro atoms. The Morgan fingerprint density at radius 1 is 1.36 bits per heavy atom. The van der Waals surface area contributed by atoms with Gasteiger partial charge in [-0.15, -0.1) is 10.2 Å². The van der Waals surface area contributed by atoms with Crippen LogP contribution in [0.2, 0.25) is 0 Å². The highest BCUT2D eigenvalue weighted by atomic mass is 19.1. The maximum absolute atomic E-state index is 13.8. The Morgan fingerprint density at radius 2 is 2.16 bits per heavy atom. The van der Waals surface area contributed by atoms with Gasteiger partial charge in [0.15, 0.2) is 0 Å². The first-order chi connectivity index (χ1) is 12.0. The van der Waals surface area contributed by atoms with Crippen molar-refractivity contribution < 1.29 is 22.7 Å². The summed E-state index contributed by atoms with van der Waals surface area (Å²) in [5, 5.41) is 7.98. The zero-order chi connectivity index (χ0) is 18.0. The topological polar surface area (TPSA) is 68.5 Å². The third kappa shape index (κ3) is 3.84. The van der Waals surface area contributed by atoms with Crippen LogP contribution in [0.15, 0.2) is 22.6 Å². The number of amides is 1. The lowest BCUT2D eigenvalue weighted by Gasteiger charge is -2.33. The summed E-state index contributed by atoms with van der Waals surface area (Å²) in [6, 6.07) is 2.54. The predicted molar refractivity (Wildman–Crippen MR) is 83.7 cm³/mol. The Kier molecular flexibility index (Phi) is 5.08. The SMILES string of the molecule is CC(C)c1nnc([C@@H]2COCCN2C(=O)Cc2cc(F)ccc2F)o1. The largest absolute Gasteiger partial charge is 0.423 e. The molecule has 1 aliphatic heterocycles. The first-order valence-electron chi connectivity index (χ1n) is 8.10. The summed E-state index contributed by atoms with van der Waals surface area (Å²) in [5.41, 5.74) is 0.0173. The van der Waals surface area contributed by atoms with E-state index >= 15 is 0 Å². The summed E-state index contributed by atoms with van der Waals surface area (Å²) < 4.78 is 38.2. The summed E-state index contributed by atoms with van der Waals surface area (Å²) in [6.07, 6.45) is -0.245. The average molecular weight is 351 g/mol. The van der Waals surface area contributed by atoms with Crippen LogP contribution in [0.25, 0.3) is 0 Å². The van der Waals surface area contributed by atoms with Crippen molar-refractivity contribution in [1.29, 1.82) is 0 Å². The maximum Gasteiger partial charge on any atom is 0.241 e. The van der Waals surface area contributed by atoms with Gasteiger partial charge in [-0.05, 0) is 18.2 Å². The molecule has 1 aliphatic rings. The zero-order valence-electron chi connectivity index (χ0n) is 14.0. The molecule has 6 nitrogen and oxygen atoms in total. The highest BCUT2D eigenvalue weighted by Gasteiger charge is 2.33. The number of nitrogens with zero attached hydrogens (tertiary/aromatic N) is 3. The fraction of sp³-hybridized carbons (Fsp3) is 0.471. The predicted octanol–water partition coefficient (Wildman–Crippen LogP) is 2.61. The minimum absolute atomic E-state index is 0.0173. The van der Waals surface area contributed by atoms with Gasteiger partial charge in [0.25, 0.3) is 0 Å². The van der Waals surface area contributed by atoms with Crippen molar-refractivity contribution in [1.82, 2.24) is 15.1 Å². The maximum atomic E-state index is 13.8. The van der Waals surface area contributed by atoms with Crippen molar-refractivity contribution in [3.63, 3.8) is 0 Å². The molecule has 1 aromatic carbocycles. The summed E-state index contributed by atoms with van der Waals surface area (Å²) in [7, 11) is 0. The molecule has 0 aliphatic carbocycles. The minimum atomic E-state index is -0.612. The van der Waals surface area contributed by atoms with Crippen LogP contribution in [-0.4, -0.2) is 40.8 Å². The Hall–Kier alpha value is -2.35. The van der Waals surface area contributed by atoms with Crippen molar-refractivity contribution in [2.24, 2.45) is 0 Å². The van der Waals surface area contributed by atoms with Gasteiger partial charge in [-0.3, -0.25) is 4.79 Å². The molecular weight excluding hydrogens is 332 g/mol. The first kappa shape index (κ1) is 17.5. The highest BCUT2D eigenvalue weighted by Crippen LogP contribution is 2.26. The van der Waals surface area contributed by atoms with Gasteiger partial charge in [0, 0.05) is 18.0 Å². The third-order valence-corrected chi connectivity index (χ3v) is 4.03. The molecule has 1 fully saturated rings. The molecule has 0 N–H and O–H groups in total. The van der Waals surface area contributed by atoms with Crippen molar-refractivity contribution >= 4 is 5.91 Å². The molecule has 1 saturated heterocycles. The standard InChI is InChI=1S/C17H19F2N3O3/c1-10(2)16-20-21-17(25-16)14-9-24-6-5-22(14)15(23)8-11-7-12(18)3-4-13(11)19/h3-4,7,10,14H,5-6,8-9H2,1-2H3/t14-/m0/s1. The molecule has 2 aromatic rings. The number of hydrogen-bond acceptors (Lipinski definition) is 5. The Bertz CT molecular complexity index is 763. The van der Waals surface area contributed by atoms with E-state index in [4.69, 9.17) is 9.15 Å². The molecule has 1 amide bonds. The normalized spacial score (nSPS) is 18.0. The van der Waals surface area contributed by atoms with Gasteiger partial charge in [-0.25, -0.2) is 8.78 Å². The molecule has 134 valence electrons. The second-order valence-corrected chi connectivity index (χ2v) is 6.22. The van der Waals surface area contributed by atoms with Crippen LogP contribution in [0.5, 0.6) is 0 Å². The number of hydrogen-bond donors (Lipinski definition) is 0. The van der Waals surface area contributed by atoms with Gasteiger partial charge in [0.05, 0.1) is 19.6 Å². The van der Waals surface area contributed by atoms with E-state index in [9.17, 15) is 13.6 Å². The third-order valence-electron chi connectivity index (χ3n) is 4.03.